The van der Waals surface area contributed by atoms with Crippen LogP contribution in [-0.4, -0.2) is 29.0 Å². The normalized spacial score (nSPS) is 43.9. The zero-order valence-electron chi connectivity index (χ0n) is 17.8. The van der Waals surface area contributed by atoms with Gasteiger partial charge in [-0.25, -0.2) is 0 Å². The molecule has 152 valence electrons. The lowest BCUT2D eigenvalue weighted by Crippen LogP contribution is -2.64. The van der Waals surface area contributed by atoms with Crippen molar-refractivity contribution < 1.29 is 0 Å². The summed E-state index contributed by atoms with van der Waals surface area (Å²) in [4.78, 5) is 3.84. The number of piperidine rings is 1. The smallest absolute Gasteiger partial charge is 0.0842 e. The van der Waals surface area contributed by atoms with Gasteiger partial charge in [0, 0.05) is 24.5 Å². The Morgan fingerprint density at radius 2 is 1.79 bits per heavy atom. The van der Waals surface area contributed by atoms with E-state index in [0.29, 0.717) is 10.8 Å². The number of hydrogen-bond donors (Lipinski definition) is 1. The first kappa shape index (κ1) is 19.1. The zero-order chi connectivity index (χ0) is 19.8. The summed E-state index contributed by atoms with van der Waals surface area (Å²) >= 11 is 6.34. The fourth-order valence-electron chi connectivity index (χ4n) is 8.16. The van der Waals surface area contributed by atoms with E-state index >= 15 is 0 Å². The molecule has 0 amide bonds. The predicted octanol–water partition coefficient (Wildman–Crippen LogP) is 5.30. The zero-order valence-corrected chi connectivity index (χ0v) is 18.7. The minimum atomic E-state index is 0.144. The van der Waals surface area contributed by atoms with Gasteiger partial charge >= 0.3 is 0 Å². The standard InChI is InChI=1S/C25H36N2S/c1-22(2)17-27(10-9-20(22)26)21(28)25-13-18-11-23(3,15-25)14-24(12-18,16-25)19-7-5-4-6-8-19/h4-8,18,20H,9-17,26H2,1-3H3/t18?,20-,23?,24?,25?/m0/s1. The molecule has 5 fully saturated rings. The minimum Gasteiger partial charge on any atom is -0.365 e. The van der Waals surface area contributed by atoms with Gasteiger partial charge in [0.2, 0.25) is 0 Å². The van der Waals surface area contributed by atoms with Crippen molar-refractivity contribution in [3.8, 4) is 0 Å². The number of rotatable bonds is 2. The summed E-state index contributed by atoms with van der Waals surface area (Å²) in [7, 11) is 0. The maximum atomic E-state index is 6.43. The average Bonchev–Trinajstić information content (AvgIpc) is 2.62. The molecule has 1 aromatic rings. The Kier molecular flexibility index (Phi) is 4.11. The summed E-state index contributed by atoms with van der Waals surface area (Å²) in [6, 6.07) is 11.7. The fourth-order valence-corrected chi connectivity index (χ4v) is 8.54. The van der Waals surface area contributed by atoms with Gasteiger partial charge in [-0.1, -0.05) is 63.3 Å². The number of nitrogens with two attached hydrogens (primary N) is 1. The van der Waals surface area contributed by atoms with E-state index in [9.17, 15) is 0 Å². The van der Waals surface area contributed by atoms with Crippen molar-refractivity contribution in [2.45, 2.75) is 77.2 Å². The second-order valence-corrected chi connectivity index (χ2v) is 12.2. The van der Waals surface area contributed by atoms with Crippen molar-refractivity contribution in [1.82, 2.24) is 4.90 Å². The third-order valence-electron chi connectivity index (χ3n) is 8.79. The van der Waals surface area contributed by atoms with Crippen molar-refractivity contribution in [1.29, 1.82) is 0 Å². The van der Waals surface area contributed by atoms with Crippen LogP contribution < -0.4 is 5.73 Å². The number of benzene rings is 1. The SMILES string of the molecule is CC12CC3CC(C(=S)N4CC[C@H](N)C(C)(C)C4)(C1)CC(c1ccccc1)(C3)C2. The number of hydrogen-bond acceptors (Lipinski definition) is 2. The number of thiocarbonyl (C=S) groups is 1. The second kappa shape index (κ2) is 6.04. The van der Waals surface area contributed by atoms with E-state index in [4.69, 9.17) is 18.0 Å². The van der Waals surface area contributed by atoms with Crippen molar-refractivity contribution in [3.05, 3.63) is 35.9 Å². The Balaban J connectivity index is 1.50. The monoisotopic (exact) mass is 396 g/mol. The summed E-state index contributed by atoms with van der Waals surface area (Å²) in [5.41, 5.74) is 9.14. The fraction of sp³-hybridized carbons (Fsp3) is 0.720. The van der Waals surface area contributed by atoms with Crippen LogP contribution >= 0.6 is 12.2 Å². The van der Waals surface area contributed by atoms with Gasteiger partial charge in [0.05, 0.1) is 4.99 Å². The van der Waals surface area contributed by atoms with Gasteiger partial charge < -0.3 is 10.6 Å². The van der Waals surface area contributed by atoms with E-state index < -0.39 is 0 Å². The van der Waals surface area contributed by atoms with Crippen LogP contribution in [0.15, 0.2) is 30.3 Å². The molecule has 4 saturated carbocycles. The van der Waals surface area contributed by atoms with Crippen LogP contribution in [0.3, 0.4) is 0 Å². The Labute approximate surface area is 176 Å². The summed E-state index contributed by atoms with van der Waals surface area (Å²) in [6.07, 6.45) is 9.06. The lowest BCUT2D eigenvalue weighted by atomic mass is 9.38. The molecule has 4 unspecified atom stereocenters. The highest BCUT2D eigenvalue weighted by Crippen LogP contribution is 2.70. The Morgan fingerprint density at radius 1 is 1.04 bits per heavy atom. The third kappa shape index (κ3) is 2.80. The number of nitrogens with zero attached hydrogens (tertiary/aromatic N) is 1. The van der Waals surface area contributed by atoms with Crippen LogP contribution in [0.4, 0.5) is 0 Å². The van der Waals surface area contributed by atoms with Crippen molar-refractivity contribution in [2.75, 3.05) is 13.1 Å². The maximum absolute atomic E-state index is 6.43. The highest BCUT2D eigenvalue weighted by atomic mass is 32.1. The van der Waals surface area contributed by atoms with Gasteiger partial charge in [0.15, 0.2) is 0 Å². The third-order valence-corrected chi connectivity index (χ3v) is 9.48. The van der Waals surface area contributed by atoms with Gasteiger partial charge in [-0.3, -0.25) is 0 Å². The van der Waals surface area contributed by atoms with Crippen LogP contribution in [-0.2, 0) is 5.41 Å². The van der Waals surface area contributed by atoms with E-state index in [2.05, 4.69) is 56.0 Å². The number of likely N-dealkylation sites (tertiary alicyclic amines) is 1. The van der Waals surface area contributed by atoms with Gasteiger partial charge in [0.1, 0.15) is 0 Å². The molecule has 0 spiro atoms. The highest BCUT2D eigenvalue weighted by molar-refractivity contribution is 7.80. The summed E-state index contributed by atoms with van der Waals surface area (Å²) in [5, 5.41) is 0. The van der Waals surface area contributed by atoms with E-state index in [-0.39, 0.29) is 16.9 Å². The lowest BCUT2D eigenvalue weighted by molar-refractivity contribution is -0.0908. The Hall–Kier alpha value is -0.930. The van der Waals surface area contributed by atoms with Crippen LogP contribution in [0, 0.1) is 22.2 Å². The largest absolute Gasteiger partial charge is 0.365 e. The maximum Gasteiger partial charge on any atom is 0.0842 e. The summed E-state index contributed by atoms with van der Waals surface area (Å²) < 4.78 is 0. The Bertz CT molecular complexity index is 789. The molecule has 2 nitrogen and oxygen atoms in total. The molecule has 4 bridgehead atoms. The molecule has 1 saturated heterocycles. The van der Waals surface area contributed by atoms with E-state index in [1.807, 2.05) is 0 Å². The molecule has 0 radical (unpaired) electrons. The van der Waals surface area contributed by atoms with Crippen LogP contribution in [0.25, 0.3) is 0 Å². The first-order valence-electron chi connectivity index (χ1n) is 11.3. The molecule has 5 aliphatic rings. The minimum absolute atomic E-state index is 0.144. The molecular formula is C25H36N2S. The summed E-state index contributed by atoms with van der Waals surface area (Å²) in [5.74, 6) is 0.833. The Morgan fingerprint density at radius 3 is 2.46 bits per heavy atom. The van der Waals surface area contributed by atoms with Gasteiger partial charge in [-0.2, -0.15) is 0 Å². The van der Waals surface area contributed by atoms with Crippen molar-refractivity contribution in [3.63, 3.8) is 0 Å². The molecule has 6 rings (SSSR count). The van der Waals surface area contributed by atoms with E-state index in [0.717, 1.165) is 25.4 Å². The van der Waals surface area contributed by atoms with Crippen molar-refractivity contribution >= 4 is 17.2 Å². The topological polar surface area (TPSA) is 29.3 Å². The first-order chi connectivity index (χ1) is 13.2. The molecule has 3 heteroatoms. The molecule has 5 atom stereocenters. The predicted molar refractivity (Wildman–Crippen MR) is 120 cm³/mol. The van der Waals surface area contributed by atoms with Gasteiger partial charge in [-0.15, -0.1) is 0 Å². The molecule has 4 aliphatic carbocycles. The molecule has 0 aromatic heterocycles. The lowest BCUT2D eigenvalue weighted by Gasteiger charge is -2.67. The van der Waals surface area contributed by atoms with E-state index in [1.165, 1.54) is 43.5 Å². The van der Waals surface area contributed by atoms with Gasteiger partial charge in [-0.05, 0) is 72.7 Å². The molecule has 1 aromatic carbocycles. The van der Waals surface area contributed by atoms with Crippen LogP contribution in [0.1, 0.15) is 71.3 Å². The average molecular weight is 397 g/mol. The molecular weight excluding hydrogens is 360 g/mol. The molecule has 1 heterocycles. The van der Waals surface area contributed by atoms with Crippen LogP contribution in [0.2, 0.25) is 0 Å². The summed E-state index contributed by atoms with van der Waals surface area (Å²) in [6.45, 7) is 9.26. The van der Waals surface area contributed by atoms with Crippen molar-refractivity contribution in [2.24, 2.45) is 27.9 Å². The van der Waals surface area contributed by atoms with Crippen LogP contribution in [0.5, 0.6) is 0 Å². The van der Waals surface area contributed by atoms with Gasteiger partial charge in [0.25, 0.3) is 0 Å². The molecule has 2 N–H and O–H groups in total. The highest BCUT2D eigenvalue weighted by Gasteiger charge is 2.64. The second-order valence-electron chi connectivity index (χ2n) is 11.9. The first-order valence-corrected chi connectivity index (χ1v) is 11.7. The quantitative estimate of drug-likeness (QED) is 0.688. The molecule has 28 heavy (non-hydrogen) atoms. The van der Waals surface area contributed by atoms with E-state index in [1.54, 1.807) is 5.56 Å². The molecule has 1 aliphatic heterocycles.